The molecule has 5 heteroatoms. The van der Waals surface area contributed by atoms with Crippen molar-refractivity contribution in [1.82, 2.24) is 9.88 Å². The fourth-order valence-corrected chi connectivity index (χ4v) is 4.82. The normalized spacial score (nSPS) is 16.7. The number of hydrogen-bond acceptors (Lipinski definition) is 4. The molecule has 0 spiro atoms. The molecule has 0 fully saturated rings. The standard InChI is InChI=1S/C30H36N2O3/c1-22(2)26-10-6-24(7-11-26)18-30(3)19-27-17-23(8-12-28(27)35-30)9-13-29(34)32(15-16-33)21-25-5-4-14-31-20-25/h4-8,10-12,14,17,20,22,33H,9,13,15-16,18-19,21H2,1-3H3/t30-/m1/s1. The van der Waals surface area contributed by atoms with Gasteiger partial charge in [-0.05, 0) is 59.2 Å². The Labute approximate surface area is 208 Å². The van der Waals surface area contributed by atoms with Crippen LogP contribution in [0, 0.1) is 0 Å². The van der Waals surface area contributed by atoms with Crippen LogP contribution in [-0.4, -0.2) is 39.7 Å². The second-order valence-corrected chi connectivity index (χ2v) is 10.1. The summed E-state index contributed by atoms with van der Waals surface area (Å²) in [6, 6.07) is 19.0. The average Bonchev–Trinajstić information content (AvgIpc) is 3.18. The summed E-state index contributed by atoms with van der Waals surface area (Å²) in [4.78, 5) is 18.7. The first kappa shape index (κ1) is 24.9. The van der Waals surface area contributed by atoms with E-state index < -0.39 is 0 Å². The highest BCUT2D eigenvalue weighted by Gasteiger charge is 2.35. The van der Waals surface area contributed by atoms with Gasteiger partial charge in [-0.15, -0.1) is 0 Å². The highest BCUT2D eigenvalue weighted by atomic mass is 16.5. The SMILES string of the molecule is CC(C)c1ccc(C[C@]2(C)Cc3cc(CCC(=O)N(CCO)Cc4cccnc4)ccc3O2)cc1. The van der Waals surface area contributed by atoms with E-state index in [0.29, 0.717) is 31.8 Å². The van der Waals surface area contributed by atoms with Gasteiger partial charge in [0.15, 0.2) is 0 Å². The first-order chi connectivity index (χ1) is 16.8. The Hall–Kier alpha value is -3.18. The second-order valence-electron chi connectivity index (χ2n) is 10.1. The molecule has 35 heavy (non-hydrogen) atoms. The van der Waals surface area contributed by atoms with Crippen LogP contribution in [0.2, 0.25) is 0 Å². The van der Waals surface area contributed by atoms with E-state index in [1.165, 1.54) is 16.7 Å². The third-order valence-electron chi connectivity index (χ3n) is 6.72. The summed E-state index contributed by atoms with van der Waals surface area (Å²) in [7, 11) is 0. The molecule has 1 atom stereocenters. The van der Waals surface area contributed by atoms with E-state index >= 15 is 0 Å². The fraction of sp³-hybridized carbons (Fsp3) is 0.400. The number of carbonyl (C=O) groups is 1. The summed E-state index contributed by atoms with van der Waals surface area (Å²) >= 11 is 0. The summed E-state index contributed by atoms with van der Waals surface area (Å²) < 4.78 is 6.38. The molecule has 1 amide bonds. The van der Waals surface area contributed by atoms with E-state index in [2.05, 4.69) is 62.2 Å². The maximum Gasteiger partial charge on any atom is 0.223 e. The predicted octanol–water partition coefficient (Wildman–Crippen LogP) is 5.10. The Bertz CT molecular complexity index is 1130. The maximum absolute atomic E-state index is 12.9. The molecular formula is C30H36N2O3. The van der Waals surface area contributed by atoms with E-state index in [1.807, 2.05) is 18.2 Å². The van der Waals surface area contributed by atoms with Crippen molar-refractivity contribution in [3.8, 4) is 5.75 Å². The van der Waals surface area contributed by atoms with Crippen molar-refractivity contribution in [2.75, 3.05) is 13.2 Å². The van der Waals surface area contributed by atoms with Crippen LogP contribution < -0.4 is 4.74 Å². The summed E-state index contributed by atoms with van der Waals surface area (Å²) in [5.74, 6) is 1.51. The third kappa shape index (κ3) is 6.49. The van der Waals surface area contributed by atoms with Gasteiger partial charge in [-0.1, -0.05) is 56.3 Å². The monoisotopic (exact) mass is 472 g/mol. The van der Waals surface area contributed by atoms with Crippen molar-refractivity contribution in [1.29, 1.82) is 0 Å². The number of rotatable bonds is 10. The number of amides is 1. The molecular weight excluding hydrogens is 436 g/mol. The van der Waals surface area contributed by atoms with Gasteiger partial charge in [0.05, 0.1) is 6.61 Å². The van der Waals surface area contributed by atoms with Crippen molar-refractivity contribution >= 4 is 5.91 Å². The number of nitrogens with zero attached hydrogens (tertiary/aromatic N) is 2. The Kier molecular flexibility index (Phi) is 7.86. The largest absolute Gasteiger partial charge is 0.487 e. The number of aryl methyl sites for hydroxylation is 1. The van der Waals surface area contributed by atoms with E-state index in [9.17, 15) is 9.90 Å². The molecule has 2 aromatic carbocycles. The minimum absolute atomic E-state index is 0.0364. The minimum atomic E-state index is -0.266. The van der Waals surface area contributed by atoms with Crippen molar-refractivity contribution in [3.05, 3.63) is 94.8 Å². The van der Waals surface area contributed by atoms with E-state index in [1.54, 1.807) is 17.3 Å². The van der Waals surface area contributed by atoms with Gasteiger partial charge >= 0.3 is 0 Å². The van der Waals surface area contributed by atoms with Crippen LogP contribution in [0.1, 0.15) is 60.9 Å². The molecule has 2 heterocycles. The number of aromatic nitrogens is 1. The zero-order valence-electron chi connectivity index (χ0n) is 21.0. The van der Waals surface area contributed by atoms with Crippen molar-refractivity contribution in [2.45, 2.75) is 64.5 Å². The number of hydrogen-bond donors (Lipinski definition) is 1. The smallest absolute Gasteiger partial charge is 0.223 e. The molecule has 1 N–H and O–H groups in total. The van der Waals surface area contributed by atoms with Gasteiger partial charge in [-0.25, -0.2) is 0 Å². The number of ether oxygens (including phenoxy) is 1. The first-order valence-corrected chi connectivity index (χ1v) is 12.5. The predicted molar refractivity (Wildman–Crippen MR) is 138 cm³/mol. The lowest BCUT2D eigenvalue weighted by atomic mass is 9.90. The number of pyridine rings is 1. The van der Waals surface area contributed by atoms with Crippen molar-refractivity contribution in [3.63, 3.8) is 0 Å². The molecule has 1 aliphatic heterocycles. The Morgan fingerprint density at radius 1 is 1.11 bits per heavy atom. The van der Waals surface area contributed by atoms with Crippen LogP contribution in [0.15, 0.2) is 67.0 Å². The second kappa shape index (κ2) is 11.0. The summed E-state index contributed by atoms with van der Waals surface area (Å²) in [6.45, 7) is 7.33. The molecule has 0 saturated carbocycles. The van der Waals surface area contributed by atoms with Gasteiger partial charge in [0.25, 0.3) is 0 Å². The number of benzene rings is 2. The zero-order valence-corrected chi connectivity index (χ0v) is 21.0. The summed E-state index contributed by atoms with van der Waals surface area (Å²) in [5, 5.41) is 9.42. The Morgan fingerprint density at radius 2 is 1.89 bits per heavy atom. The fourth-order valence-electron chi connectivity index (χ4n) is 4.82. The van der Waals surface area contributed by atoms with Crippen molar-refractivity contribution in [2.24, 2.45) is 0 Å². The van der Waals surface area contributed by atoms with Gasteiger partial charge in [-0.2, -0.15) is 0 Å². The lowest BCUT2D eigenvalue weighted by Crippen LogP contribution is -2.33. The van der Waals surface area contributed by atoms with Gasteiger partial charge in [-0.3, -0.25) is 9.78 Å². The first-order valence-electron chi connectivity index (χ1n) is 12.5. The molecule has 1 aromatic heterocycles. The molecule has 184 valence electrons. The molecule has 0 radical (unpaired) electrons. The number of aliphatic hydroxyl groups is 1. The van der Waals surface area contributed by atoms with Crippen LogP contribution in [-0.2, 0) is 30.6 Å². The van der Waals surface area contributed by atoms with E-state index in [-0.39, 0.29) is 18.1 Å². The highest BCUT2D eigenvalue weighted by Crippen LogP contribution is 2.37. The van der Waals surface area contributed by atoms with Crippen molar-refractivity contribution < 1.29 is 14.6 Å². The molecule has 0 aliphatic carbocycles. The number of fused-ring (bicyclic) bond motifs is 1. The van der Waals surface area contributed by atoms with E-state index in [0.717, 1.165) is 29.7 Å². The van der Waals surface area contributed by atoms with Crippen LogP contribution in [0.4, 0.5) is 0 Å². The molecule has 0 bridgehead atoms. The Balaban J connectivity index is 1.35. The zero-order chi connectivity index (χ0) is 24.8. The Morgan fingerprint density at radius 3 is 2.57 bits per heavy atom. The molecule has 1 aliphatic rings. The lowest BCUT2D eigenvalue weighted by molar-refractivity contribution is -0.132. The molecule has 3 aromatic rings. The number of carbonyl (C=O) groups excluding carboxylic acids is 1. The topological polar surface area (TPSA) is 62.7 Å². The molecule has 0 saturated heterocycles. The molecule has 4 rings (SSSR count). The van der Waals surface area contributed by atoms with Crippen LogP contribution in [0.3, 0.4) is 0 Å². The minimum Gasteiger partial charge on any atom is -0.487 e. The van der Waals surface area contributed by atoms with Crippen LogP contribution in [0.5, 0.6) is 5.75 Å². The van der Waals surface area contributed by atoms with Crippen LogP contribution in [0.25, 0.3) is 0 Å². The summed E-state index contributed by atoms with van der Waals surface area (Å²) in [6.07, 6.45) is 6.25. The molecule has 5 nitrogen and oxygen atoms in total. The maximum atomic E-state index is 12.9. The number of aliphatic hydroxyl groups excluding tert-OH is 1. The van der Waals surface area contributed by atoms with Gasteiger partial charge < -0.3 is 14.7 Å². The quantitative estimate of drug-likeness (QED) is 0.446. The van der Waals surface area contributed by atoms with Gasteiger partial charge in [0.2, 0.25) is 5.91 Å². The molecule has 0 unspecified atom stereocenters. The van der Waals surface area contributed by atoms with Crippen LogP contribution >= 0.6 is 0 Å². The highest BCUT2D eigenvalue weighted by molar-refractivity contribution is 5.76. The van der Waals surface area contributed by atoms with Gasteiger partial charge in [0, 0.05) is 44.7 Å². The van der Waals surface area contributed by atoms with E-state index in [4.69, 9.17) is 4.74 Å². The average molecular weight is 473 g/mol. The summed E-state index contributed by atoms with van der Waals surface area (Å²) in [5.41, 5.74) is 5.68. The van der Waals surface area contributed by atoms with Gasteiger partial charge in [0.1, 0.15) is 11.4 Å². The third-order valence-corrected chi connectivity index (χ3v) is 6.72. The lowest BCUT2D eigenvalue weighted by Gasteiger charge is -2.24.